The second-order valence-electron chi connectivity index (χ2n) is 7.98. The first-order valence-electron chi connectivity index (χ1n) is 10.7. The van der Waals surface area contributed by atoms with Crippen molar-refractivity contribution in [3.8, 4) is 17.0 Å². The Balaban J connectivity index is 1.49. The molecule has 0 spiro atoms. The minimum Gasteiger partial charge on any atom is -0.493 e. The van der Waals surface area contributed by atoms with E-state index >= 15 is 0 Å². The molecule has 0 bridgehead atoms. The Hall–Kier alpha value is -3.26. The maximum Gasteiger partial charge on any atom is 0.255 e. The molecule has 0 radical (unpaired) electrons. The molecule has 1 fully saturated rings. The summed E-state index contributed by atoms with van der Waals surface area (Å²) in [7, 11) is 1.83. The van der Waals surface area contributed by atoms with E-state index in [1.807, 2.05) is 13.1 Å². The predicted octanol–water partition coefficient (Wildman–Crippen LogP) is 4.39. The van der Waals surface area contributed by atoms with Crippen LogP contribution in [0.1, 0.15) is 29.6 Å². The van der Waals surface area contributed by atoms with Gasteiger partial charge >= 0.3 is 0 Å². The Morgan fingerprint density at radius 3 is 2.81 bits per heavy atom. The number of halogens is 2. The van der Waals surface area contributed by atoms with E-state index in [2.05, 4.69) is 15.7 Å². The van der Waals surface area contributed by atoms with Gasteiger partial charge in [0.15, 0.2) is 11.6 Å². The Bertz CT molecular complexity index is 1090. The van der Waals surface area contributed by atoms with Crippen molar-refractivity contribution in [1.29, 1.82) is 0 Å². The van der Waals surface area contributed by atoms with Crippen LogP contribution in [-0.2, 0) is 7.05 Å². The summed E-state index contributed by atoms with van der Waals surface area (Å²) in [6.45, 7) is 2.77. The zero-order valence-electron chi connectivity index (χ0n) is 17.9. The van der Waals surface area contributed by atoms with Gasteiger partial charge in [-0.05, 0) is 80.7 Å². The number of hydrogen-bond acceptors (Lipinski definition) is 4. The average Bonchev–Trinajstić information content (AvgIpc) is 3.45. The van der Waals surface area contributed by atoms with Crippen LogP contribution in [0.5, 0.6) is 5.75 Å². The molecule has 2 N–H and O–H groups in total. The van der Waals surface area contributed by atoms with Crippen LogP contribution in [0.4, 0.5) is 14.5 Å². The molecular formula is C24H26F2N4O2. The molecule has 0 aliphatic carbocycles. The Labute approximate surface area is 185 Å². The lowest BCUT2D eigenvalue weighted by molar-refractivity contribution is 0.102. The van der Waals surface area contributed by atoms with Gasteiger partial charge in [0, 0.05) is 30.1 Å². The van der Waals surface area contributed by atoms with E-state index in [1.54, 1.807) is 29.1 Å². The minimum absolute atomic E-state index is 0.0349. The number of nitrogens with zero attached hydrogens (tertiary/aromatic N) is 2. The molecule has 32 heavy (non-hydrogen) atoms. The second kappa shape index (κ2) is 9.91. The van der Waals surface area contributed by atoms with Crippen LogP contribution in [0.3, 0.4) is 0 Å². The Kier molecular flexibility index (Phi) is 6.80. The van der Waals surface area contributed by atoms with E-state index in [-0.39, 0.29) is 5.56 Å². The Morgan fingerprint density at radius 1 is 1.22 bits per heavy atom. The molecule has 1 saturated heterocycles. The lowest BCUT2D eigenvalue weighted by Crippen LogP contribution is -2.13. The van der Waals surface area contributed by atoms with E-state index in [1.165, 1.54) is 12.5 Å². The van der Waals surface area contributed by atoms with Gasteiger partial charge in [-0.3, -0.25) is 9.48 Å². The van der Waals surface area contributed by atoms with Gasteiger partial charge in [0.1, 0.15) is 5.75 Å². The van der Waals surface area contributed by atoms with Crippen molar-refractivity contribution in [2.45, 2.75) is 19.3 Å². The summed E-state index contributed by atoms with van der Waals surface area (Å²) in [5, 5.41) is 10.3. The summed E-state index contributed by atoms with van der Waals surface area (Å²) in [5.74, 6) is -1.18. The van der Waals surface area contributed by atoms with Crippen molar-refractivity contribution < 1.29 is 18.3 Å². The zero-order chi connectivity index (χ0) is 22.5. The third kappa shape index (κ3) is 5.13. The van der Waals surface area contributed by atoms with Crippen molar-refractivity contribution in [3.05, 3.63) is 65.9 Å². The average molecular weight is 440 g/mol. The highest BCUT2D eigenvalue weighted by Crippen LogP contribution is 2.33. The lowest BCUT2D eigenvalue weighted by Gasteiger charge is -2.15. The number of rotatable bonds is 8. The predicted molar refractivity (Wildman–Crippen MR) is 119 cm³/mol. The first kappa shape index (κ1) is 22.0. The monoisotopic (exact) mass is 440 g/mol. The van der Waals surface area contributed by atoms with Crippen LogP contribution < -0.4 is 15.4 Å². The van der Waals surface area contributed by atoms with Gasteiger partial charge in [-0.15, -0.1) is 0 Å². The number of ether oxygens (including phenoxy) is 1. The van der Waals surface area contributed by atoms with Crippen molar-refractivity contribution in [2.24, 2.45) is 13.0 Å². The molecule has 2 aromatic carbocycles. The van der Waals surface area contributed by atoms with Crippen LogP contribution in [-0.4, -0.2) is 35.4 Å². The van der Waals surface area contributed by atoms with Gasteiger partial charge in [-0.25, -0.2) is 8.78 Å². The molecule has 1 atom stereocenters. The van der Waals surface area contributed by atoms with Gasteiger partial charge in [0.25, 0.3) is 5.91 Å². The van der Waals surface area contributed by atoms with Gasteiger partial charge in [0.2, 0.25) is 0 Å². The molecule has 1 aliphatic rings. The van der Waals surface area contributed by atoms with Crippen molar-refractivity contribution in [3.63, 3.8) is 0 Å². The van der Waals surface area contributed by atoms with Gasteiger partial charge < -0.3 is 15.4 Å². The summed E-state index contributed by atoms with van der Waals surface area (Å²) in [6.07, 6.45) is 4.99. The van der Waals surface area contributed by atoms with E-state index in [0.29, 0.717) is 24.0 Å². The maximum absolute atomic E-state index is 13.5. The third-order valence-electron chi connectivity index (χ3n) is 5.69. The minimum atomic E-state index is -1.06. The highest BCUT2D eigenvalue weighted by atomic mass is 19.2. The fourth-order valence-corrected chi connectivity index (χ4v) is 3.93. The molecule has 1 aromatic heterocycles. The molecule has 8 heteroatoms. The summed E-state index contributed by atoms with van der Waals surface area (Å²) >= 11 is 0. The first-order valence-corrected chi connectivity index (χ1v) is 10.7. The highest BCUT2D eigenvalue weighted by Gasteiger charge is 2.16. The van der Waals surface area contributed by atoms with Crippen LogP contribution in [0.25, 0.3) is 11.3 Å². The molecule has 1 aliphatic heterocycles. The molecule has 0 saturated carbocycles. The number of nitrogens with one attached hydrogen (secondary N) is 2. The summed E-state index contributed by atoms with van der Waals surface area (Å²) < 4.78 is 34.5. The van der Waals surface area contributed by atoms with Crippen molar-refractivity contribution >= 4 is 11.6 Å². The molecule has 2 heterocycles. The number of carbonyl (C=O) groups is 1. The molecule has 168 valence electrons. The first-order chi connectivity index (χ1) is 15.5. The second-order valence-corrected chi connectivity index (χ2v) is 7.98. The van der Waals surface area contributed by atoms with Gasteiger partial charge in [-0.1, -0.05) is 0 Å². The number of aromatic nitrogens is 2. The highest BCUT2D eigenvalue weighted by molar-refractivity contribution is 6.04. The molecule has 3 aromatic rings. The SMILES string of the molecule is Cn1nccc1-c1cc(NC(=O)c2ccc(F)c(F)c2)ccc1OCCCC1CCNC1. The van der Waals surface area contributed by atoms with Crippen LogP contribution in [0, 0.1) is 17.6 Å². The molecule has 4 rings (SSSR count). The van der Waals surface area contributed by atoms with E-state index in [9.17, 15) is 13.6 Å². The number of carbonyl (C=O) groups excluding carboxylic acids is 1. The molecule has 1 unspecified atom stereocenters. The van der Waals surface area contributed by atoms with Crippen molar-refractivity contribution in [1.82, 2.24) is 15.1 Å². The van der Waals surface area contributed by atoms with E-state index in [0.717, 1.165) is 49.3 Å². The summed E-state index contributed by atoms with van der Waals surface area (Å²) in [5.41, 5.74) is 2.17. The number of amides is 1. The third-order valence-corrected chi connectivity index (χ3v) is 5.69. The fraction of sp³-hybridized carbons (Fsp3) is 0.333. The fourth-order valence-electron chi connectivity index (χ4n) is 3.93. The topological polar surface area (TPSA) is 68.2 Å². The van der Waals surface area contributed by atoms with Crippen LogP contribution >= 0.6 is 0 Å². The van der Waals surface area contributed by atoms with E-state index < -0.39 is 17.5 Å². The summed E-state index contributed by atoms with van der Waals surface area (Å²) in [6, 6.07) is 10.3. The molecular weight excluding hydrogens is 414 g/mol. The number of hydrogen-bond donors (Lipinski definition) is 2. The van der Waals surface area contributed by atoms with Crippen molar-refractivity contribution in [2.75, 3.05) is 25.0 Å². The van der Waals surface area contributed by atoms with Gasteiger partial charge in [-0.2, -0.15) is 5.10 Å². The smallest absolute Gasteiger partial charge is 0.255 e. The summed E-state index contributed by atoms with van der Waals surface area (Å²) in [4.78, 5) is 12.5. The molecule has 1 amide bonds. The largest absolute Gasteiger partial charge is 0.493 e. The van der Waals surface area contributed by atoms with Crippen LogP contribution in [0.15, 0.2) is 48.7 Å². The number of aryl methyl sites for hydroxylation is 1. The lowest BCUT2D eigenvalue weighted by atomic mass is 10.0. The standard InChI is InChI=1S/C24H26F2N4O2/c1-30-22(9-11-28-30)19-14-18(29-24(31)17-4-6-20(25)21(26)13-17)5-7-23(19)32-12-2-3-16-8-10-27-15-16/h4-7,9,11,13-14,16,27H,2-3,8,10,12,15H2,1H3,(H,29,31). The maximum atomic E-state index is 13.5. The number of benzene rings is 2. The zero-order valence-corrected chi connectivity index (χ0v) is 17.9. The van der Waals surface area contributed by atoms with Gasteiger partial charge in [0.05, 0.1) is 12.3 Å². The van der Waals surface area contributed by atoms with E-state index in [4.69, 9.17) is 4.74 Å². The Morgan fingerprint density at radius 2 is 2.09 bits per heavy atom. The normalized spacial score (nSPS) is 15.7. The molecule has 6 nitrogen and oxygen atoms in total. The number of anilines is 1. The van der Waals surface area contributed by atoms with Crippen LogP contribution in [0.2, 0.25) is 0 Å². The quantitative estimate of drug-likeness (QED) is 0.510.